The number of cyclic esters (lactones) is 1. The summed E-state index contributed by atoms with van der Waals surface area (Å²) >= 11 is 0. The molecule has 5 rings (SSSR count). The van der Waals surface area contributed by atoms with Crippen molar-refractivity contribution in [1.82, 2.24) is 9.55 Å². The number of fused-ring (bicyclic) bond motifs is 5. The van der Waals surface area contributed by atoms with Gasteiger partial charge >= 0.3 is 11.7 Å². The number of aromatic nitrogens is 2. The summed E-state index contributed by atoms with van der Waals surface area (Å²) in [5, 5.41) is 22.7. The number of ether oxygens (including phenoxy) is 2. The largest absolute Gasteiger partial charge is 0.490 e. The number of aliphatic hydroxyl groups is 1. The Balaban J connectivity index is 1.77. The second kappa shape index (κ2) is 6.35. The molecule has 10 heteroatoms. The van der Waals surface area contributed by atoms with Crippen molar-refractivity contribution in [3.05, 3.63) is 61.4 Å². The number of hydrogen-bond donors (Lipinski definition) is 1. The van der Waals surface area contributed by atoms with E-state index in [9.17, 15) is 24.8 Å². The molecule has 0 fully saturated rings. The molecule has 0 bridgehead atoms. The Kier molecular flexibility index (Phi) is 3.93. The van der Waals surface area contributed by atoms with Gasteiger partial charge < -0.3 is 19.1 Å². The van der Waals surface area contributed by atoms with Gasteiger partial charge in [-0.15, -0.1) is 0 Å². The average molecular weight is 423 g/mol. The summed E-state index contributed by atoms with van der Waals surface area (Å²) in [7, 11) is 1.35. The smallest absolute Gasteiger partial charge is 0.343 e. The first-order valence-corrected chi connectivity index (χ1v) is 9.62. The summed E-state index contributed by atoms with van der Waals surface area (Å²) in [6.07, 6.45) is 0.0561. The van der Waals surface area contributed by atoms with Gasteiger partial charge in [-0.2, -0.15) is 0 Å². The third-order valence-electron chi connectivity index (χ3n) is 6.02. The summed E-state index contributed by atoms with van der Waals surface area (Å²) in [4.78, 5) is 40.8. The predicted molar refractivity (Wildman–Crippen MR) is 108 cm³/mol. The zero-order chi connectivity index (χ0) is 22.1. The van der Waals surface area contributed by atoms with Crippen LogP contribution in [-0.4, -0.2) is 32.7 Å². The van der Waals surface area contributed by atoms with Gasteiger partial charge in [-0.25, -0.2) is 9.78 Å². The third-order valence-corrected chi connectivity index (χ3v) is 6.02. The van der Waals surface area contributed by atoms with E-state index in [4.69, 9.17) is 9.47 Å². The van der Waals surface area contributed by atoms with Gasteiger partial charge in [0.15, 0.2) is 5.60 Å². The fourth-order valence-corrected chi connectivity index (χ4v) is 4.37. The van der Waals surface area contributed by atoms with Crippen LogP contribution in [0.15, 0.2) is 29.1 Å². The molecule has 0 aliphatic carbocycles. The monoisotopic (exact) mass is 423 g/mol. The molecule has 0 amide bonds. The van der Waals surface area contributed by atoms with Crippen LogP contribution in [0, 0.1) is 10.1 Å². The molecule has 0 spiro atoms. The third kappa shape index (κ3) is 2.45. The molecule has 1 aromatic carbocycles. The lowest BCUT2D eigenvalue weighted by Crippen LogP contribution is -2.44. The van der Waals surface area contributed by atoms with Crippen LogP contribution in [0.1, 0.15) is 30.0 Å². The molecule has 0 saturated carbocycles. The Labute approximate surface area is 174 Å². The van der Waals surface area contributed by atoms with Crippen LogP contribution in [0.5, 0.6) is 5.75 Å². The number of benzene rings is 1. The van der Waals surface area contributed by atoms with E-state index in [1.165, 1.54) is 23.8 Å². The van der Waals surface area contributed by atoms with Gasteiger partial charge in [0.1, 0.15) is 6.61 Å². The second-order valence-electron chi connectivity index (χ2n) is 7.54. The van der Waals surface area contributed by atoms with Crippen molar-refractivity contribution in [1.29, 1.82) is 0 Å². The highest BCUT2D eigenvalue weighted by Gasteiger charge is 2.45. The molecule has 2 aliphatic rings. The second-order valence-corrected chi connectivity index (χ2v) is 7.54. The van der Waals surface area contributed by atoms with Crippen LogP contribution in [0.3, 0.4) is 0 Å². The molecule has 2 aromatic heterocycles. The summed E-state index contributed by atoms with van der Waals surface area (Å²) in [6.45, 7) is 1.63. The molecule has 4 heterocycles. The summed E-state index contributed by atoms with van der Waals surface area (Å²) in [6, 6.07) is 6.19. The summed E-state index contributed by atoms with van der Waals surface area (Å²) < 4.78 is 11.8. The fraction of sp³-hybridized carbons (Fsp3) is 0.286. The lowest BCUT2D eigenvalue weighted by molar-refractivity contribution is -0.385. The minimum Gasteiger partial charge on any atom is -0.490 e. The van der Waals surface area contributed by atoms with Crippen molar-refractivity contribution >= 4 is 22.6 Å². The van der Waals surface area contributed by atoms with E-state index in [-0.39, 0.29) is 47.7 Å². The number of methoxy groups -OCH3 is 1. The Hall–Kier alpha value is -3.79. The quantitative estimate of drug-likeness (QED) is 0.300. The Morgan fingerprint density at radius 1 is 1.35 bits per heavy atom. The number of nitro groups is 1. The topological polar surface area (TPSA) is 134 Å². The zero-order valence-electron chi connectivity index (χ0n) is 16.7. The minimum atomic E-state index is -1.90. The molecule has 3 aromatic rings. The highest BCUT2D eigenvalue weighted by atomic mass is 16.6. The first-order valence-electron chi connectivity index (χ1n) is 9.62. The fourth-order valence-electron chi connectivity index (χ4n) is 4.37. The molecule has 31 heavy (non-hydrogen) atoms. The van der Waals surface area contributed by atoms with Crippen molar-refractivity contribution in [3.8, 4) is 17.1 Å². The van der Waals surface area contributed by atoms with E-state index >= 15 is 0 Å². The van der Waals surface area contributed by atoms with E-state index in [2.05, 4.69) is 4.98 Å². The number of nitrogens with zero attached hydrogens (tertiary/aromatic N) is 3. The lowest BCUT2D eigenvalue weighted by Gasteiger charge is -2.31. The molecule has 1 N–H and O–H groups in total. The zero-order valence-corrected chi connectivity index (χ0v) is 16.7. The first kappa shape index (κ1) is 19.2. The van der Waals surface area contributed by atoms with E-state index in [1.807, 2.05) is 0 Å². The lowest BCUT2D eigenvalue weighted by atomic mass is 9.86. The van der Waals surface area contributed by atoms with Gasteiger partial charge in [-0.1, -0.05) is 6.92 Å². The van der Waals surface area contributed by atoms with E-state index in [0.717, 1.165) is 0 Å². The highest BCUT2D eigenvalue weighted by Crippen LogP contribution is 2.41. The number of nitro benzene ring substituents is 1. The first-order chi connectivity index (χ1) is 14.8. The van der Waals surface area contributed by atoms with Gasteiger partial charge in [0.2, 0.25) is 5.75 Å². The van der Waals surface area contributed by atoms with Crippen LogP contribution in [-0.2, 0) is 28.3 Å². The van der Waals surface area contributed by atoms with Crippen molar-refractivity contribution in [2.75, 3.05) is 7.11 Å². The SMILES string of the molecule is CC[C@@]1(O)C(=O)OCc2c1cc1n(c2=O)Cc2cc3c(OC)c([N+](=O)[O-])ccc3nc2-1. The molecule has 10 nitrogen and oxygen atoms in total. The summed E-state index contributed by atoms with van der Waals surface area (Å²) in [5.41, 5.74) is 0.154. The average Bonchev–Trinajstić information content (AvgIpc) is 3.12. The van der Waals surface area contributed by atoms with Gasteiger partial charge in [-0.05, 0) is 24.6 Å². The minimum absolute atomic E-state index is 0.0561. The van der Waals surface area contributed by atoms with Crippen molar-refractivity contribution in [2.45, 2.75) is 32.1 Å². The molecule has 158 valence electrons. The Morgan fingerprint density at radius 3 is 2.81 bits per heavy atom. The van der Waals surface area contributed by atoms with Gasteiger partial charge in [0.05, 0.1) is 41.0 Å². The predicted octanol–water partition coefficient (Wildman–Crippen LogP) is 2.00. The van der Waals surface area contributed by atoms with Crippen LogP contribution in [0.25, 0.3) is 22.3 Å². The molecule has 0 unspecified atom stereocenters. The number of hydrogen-bond acceptors (Lipinski definition) is 8. The van der Waals surface area contributed by atoms with Crippen LogP contribution in [0.4, 0.5) is 5.69 Å². The molecular weight excluding hydrogens is 406 g/mol. The molecule has 1 atom stereocenters. The van der Waals surface area contributed by atoms with Gasteiger partial charge in [0, 0.05) is 22.6 Å². The molecule has 0 saturated heterocycles. The Morgan fingerprint density at radius 2 is 2.13 bits per heavy atom. The number of rotatable bonds is 3. The normalized spacial score (nSPS) is 18.9. The number of carbonyl (C=O) groups excluding carboxylic acids is 1. The van der Waals surface area contributed by atoms with E-state index in [0.29, 0.717) is 27.9 Å². The van der Waals surface area contributed by atoms with Crippen LogP contribution >= 0.6 is 0 Å². The standard InChI is InChI=1S/C21H17N3O7/c1-3-21(27)13-7-16-17-10(8-23(16)19(25)12(13)9-31-20(21)26)6-11-14(22-17)4-5-15(24(28)29)18(11)30-2/h4-7,27H,3,8-9H2,1-2H3/t21-/m0/s1. The van der Waals surface area contributed by atoms with Crippen molar-refractivity contribution in [3.63, 3.8) is 0 Å². The number of pyridine rings is 2. The van der Waals surface area contributed by atoms with Gasteiger partial charge in [-0.3, -0.25) is 14.9 Å². The van der Waals surface area contributed by atoms with Crippen molar-refractivity contribution < 1.29 is 24.3 Å². The van der Waals surface area contributed by atoms with E-state index < -0.39 is 16.5 Å². The maximum atomic E-state index is 13.2. The van der Waals surface area contributed by atoms with Crippen LogP contribution in [0.2, 0.25) is 0 Å². The van der Waals surface area contributed by atoms with Crippen LogP contribution < -0.4 is 10.3 Å². The summed E-state index contributed by atoms with van der Waals surface area (Å²) in [5.74, 6) is -0.687. The number of esters is 1. The number of carbonyl (C=O) groups is 1. The molecular formula is C21H17N3O7. The van der Waals surface area contributed by atoms with Crippen molar-refractivity contribution in [2.24, 2.45) is 0 Å². The highest BCUT2D eigenvalue weighted by molar-refractivity contribution is 5.92. The Bertz CT molecular complexity index is 1380. The molecule has 2 aliphatic heterocycles. The van der Waals surface area contributed by atoms with E-state index in [1.54, 1.807) is 19.1 Å². The maximum absolute atomic E-state index is 13.2. The maximum Gasteiger partial charge on any atom is 0.343 e. The van der Waals surface area contributed by atoms with Gasteiger partial charge in [0.25, 0.3) is 5.56 Å². The molecule has 0 radical (unpaired) electrons.